The Labute approximate surface area is 177 Å². The van der Waals surface area contributed by atoms with Crippen LogP contribution in [0.15, 0.2) is 54.2 Å². The third-order valence-corrected chi connectivity index (χ3v) is 4.16. The van der Waals surface area contributed by atoms with Gasteiger partial charge in [-0.25, -0.2) is 0 Å². The number of primary amides is 1. The second-order valence-electron chi connectivity index (χ2n) is 7.95. The largest absolute Gasteiger partial charge is 0.493 e. The van der Waals surface area contributed by atoms with Crippen molar-refractivity contribution >= 4 is 17.6 Å². The van der Waals surface area contributed by atoms with Crippen molar-refractivity contribution in [3.05, 3.63) is 70.9 Å². The van der Waals surface area contributed by atoms with Crippen LogP contribution in [0.5, 0.6) is 11.5 Å². The minimum absolute atomic E-state index is 0.0322. The summed E-state index contributed by atoms with van der Waals surface area (Å²) in [5, 5.41) is 8.95. The van der Waals surface area contributed by atoms with Crippen molar-refractivity contribution in [1.29, 1.82) is 5.26 Å². The smallest absolute Gasteiger partial charge is 0.251 e. The van der Waals surface area contributed by atoms with E-state index in [1.54, 1.807) is 43.5 Å². The summed E-state index contributed by atoms with van der Waals surface area (Å²) < 4.78 is 11.5. The number of nitriles is 1. The first-order valence-corrected chi connectivity index (χ1v) is 9.44. The second-order valence-corrected chi connectivity index (χ2v) is 7.95. The molecule has 0 bridgehead atoms. The Morgan fingerprint density at radius 1 is 1.13 bits per heavy atom. The molecule has 6 nitrogen and oxygen atoms in total. The molecule has 1 amide bonds. The average molecular weight is 405 g/mol. The van der Waals surface area contributed by atoms with E-state index in [1.165, 1.54) is 0 Å². The monoisotopic (exact) mass is 405 g/mol. The number of allylic oxidation sites excluding steroid dienone is 1. The van der Waals surface area contributed by atoms with Gasteiger partial charge in [-0.2, -0.15) is 5.26 Å². The molecule has 0 aliphatic carbocycles. The molecule has 0 aromatic heterocycles. The summed E-state index contributed by atoms with van der Waals surface area (Å²) >= 11 is 0. The lowest BCUT2D eigenvalue weighted by Gasteiger charge is -2.21. The molecule has 0 spiro atoms. The van der Waals surface area contributed by atoms with Crippen LogP contribution in [-0.2, 0) is 4.79 Å². The first-order valence-electron chi connectivity index (χ1n) is 9.44. The highest BCUT2D eigenvalue weighted by atomic mass is 16.5. The maximum absolute atomic E-state index is 12.0. The van der Waals surface area contributed by atoms with E-state index in [1.807, 2.05) is 24.3 Å². The molecular weight excluding hydrogens is 378 g/mol. The van der Waals surface area contributed by atoms with E-state index in [0.717, 1.165) is 5.56 Å². The Balaban J connectivity index is 2.44. The lowest BCUT2D eigenvalue weighted by molar-refractivity contribution is -0.112. The maximum atomic E-state index is 12.0. The van der Waals surface area contributed by atoms with Gasteiger partial charge in [0.1, 0.15) is 0 Å². The molecule has 156 valence electrons. The Kier molecular flexibility index (Phi) is 7.27. The van der Waals surface area contributed by atoms with Crippen molar-refractivity contribution in [2.45, 2.75) is 20.8 Å². The zero-order valence-electron chi connectivity index (χ0n) is 17.7. The molecule has 0 heterocycles. The van der Waals surface area contributed by atoms with Crippen molar-refractivity contribution < 1.29 is 14.3 Å². The van der Waals surface area contributed by atoms with Crippen LogP contribution in [0.25, 0.3) is 11.6 Å². The molecule has 0 saturated carbocycles. The second kappa shape index (κ2) is 9.66. The molecule has 0 radical (unpaired) electrons. The molecule has 0 saturated heterocycles. The predicted molar refractivity (Wildman–Crippen MR) is 118 cm³/mol. The van der Waals surface area contributed by atoms with Crippen molar-refractivity contribution in [3.8, 4) is 17.6 Å². The number of amides is 1. The van der Waals surface area contributed by atoms with E-state index in [9.17, 15) is 4.79 Å². The normalized spacial score (nSPS) is 12.2. The Bertz CT molecular complexity index is 1010. The number of carbonyl (C=O) groups excluding carboxylic acids is 1. The number of para-hydroxylation sites is 1. The van der Waals surface area contributed by atoms with Crippen LogP contribution in [0.1, 0.15) is 37.5 Å². The van der Waals surface area contributed by atoms with Crippen LogP contribution in [0.4, 0.5) is 0 Å². The van der Waals surface area contributed by atoms with Crippen LogP contribution < -0.4 is 20.9 Å². The van der Waals surface area contributed by atoms with Crippen LogP contribution in [0.3, 0.4) is 0 Å². The number of hydrogen-bond donors (Lipinski definition) is 2. The van der Waals surface area contributed by atoms with E-state index >= 15 is 0 Å². The van der Waals surface area contributed by atoms with E-state index < -0.39 is 5.91 Å². The minimum Gasteiger partial charge on any atom is -0.493 e. The Hall–Kier alpha value is -3.72. The highest BCUT2D eigenvalue weighted by Gasteiger charge is 2.16. The molecule has 2 rings (SSSR count). The molecule has 6 heteroatoms. The molecule has 0 aliphatic rings. The first kappa shape index (κ1) is 22.6. The molecule has 0 aliphatic heterocycles. The highest BCUT2D eigenvalue weighted by molar-refractivity contribution is 6.20. The number of benzene rings is 2. The van der Waals surface area contributed by atoms with Gasteiger partial charge in [0.25, 0.3) is 5.91 Å². The highest BCUT2D eigenvalue weighted by Crippen LogP contribution is 2.33. The van der Waals surface area contributed by atoms with Gasteiger partial charge < -0.3 is 20.9 Å². The maximum Gasteiger partial charge on any atom is 0.251 e. The van der Waals surface area contributed by atoms with Gasteiger partial charge in [0, 0.05) is 11.3 Å². The van der Waals surface area contributed by atoms with Crippen molar-refractivity contribution in [2.75, 3.05) is 13.7 Å². The molecule has 2 aromatic rings. The Morgan fingerprint density at radius 3 is 2.33 bits per heavy atom. The number of carbonyl (C=O) groups is 1. The number of nitrogens with zero attached hydrogens (tertiary/aromatic N) is 1. The molecule has 30 heavy (non-hydrogen) atoms. The number of rotatable bonds is 7. The van der Waals surface area contributed by atoms with Crippen LogP contribution in [-0.4, -0.2) is 19.6 Å². The Morgan fingerprint density at radius 2 is 1.80 bits per heavy atom. The van der Waals surface area contributed by atoms with Gasteiger partial charge in [0.15, 0.2) is 11.5 Å². The molecule has 2 aromatic carbocycles. The van der Waals surface area contributed by atoms with Crippen LogP contribution in [0, 0.1) is 16.7 Å². The topological polar surface area (TPSA) is 111 Å². The van der Waals surface area contributed by atoms with E-state index in [-0.39, 0.29) is 16.7 Å². The van der Waals surface area contributed by atoms with Gasteiger partial charge in [0.05, 0.1) is 30.9 Å². The standard InChI is InChI=1S/C24H27N3O3/c1-24(2,3)15-30-22-18(6-5-7-20(22)29-4)12-13-19(26)21(23(27)28)17-10-8-16(14-25)9-11-17/h5-13H,15,26H2,1-4H3,(H2,27,28)/b13-12+,21-19-. The van der Waals surface area contributed by atoms with Gasteiger partial charge in [-0.15, -0.1) is 0 Å². The number of ether oxygens (including phenoxy) is 2. The van der Waals surface area contributed by atoms with Crippen molar-refractivity contribution in [3.63, 3.8) is 0 Å². The summed E-state index contributed by atoms with van der Waals surface area (Å²) in [7, 11) is 1.58. The number of hydrogen-bond acceptors (Lipinski definition) is 5. The molecule has 4 N–H and O–H groups in total. The van der Waals surface area contributed by atoms with Crippen LogP contribution >= 0.6 is 0 Å². The SMILES string of the molecule is COc1cccc(/C=C/C(N)=C(/C(N)=O)c2ccc(C#N)cc2)c1OCC(C)(C)C. The summed E-state index contributed by atoms with van der Waals surface area (Å²) in [4.78, 5) is 12.0. The molecule has 0 atom stereocenters. The summed E-state index contributed by atoms with van der Waals surface area (Å²) in [6.07, 6.45) is 3.36. The van der Waals surface area contributed by atoms with Crippen molar-refractivity contribution in [1.82, 2.24) is 0 Å². The zero-order chi connectivity index (χ0) is 22.3. The third kappa shape index (κ3) is 5.89. The quantitative estimate of drug-likeness (QED) is 0.537. The van der Waals surface area contributed by atoms with Gasteiger partial charge >= 0.3 is 0 Å². The van der Waals surface area contributed by atoms with E-state index in [4.69, 9.17) is 26.2 Å². The third-order valence-electron chi connectivity index (χ3n) is 4.16. The van der Waals surface area contributed by atoms with Gasteiger partial charge in [-0.1, -0.05) is 45.0 Å². The van der Waals surface area contributed by atoms with Crippen LogP contribution in [0.2, 0.25) is 0 Å². The van der Waals surface area contributed by atoms with Crippen molar-refractivity contribution in [2.24, 2.45) is 16.9 Å². The van der Waals surface area contributed by atoms with Gasteiger partial charge in [0.2, 0.25) is 0 Å². The van der Waals surface area contributed by atoms with Gasteiger partial charge in [-0.05, 0) is 41.3 Å². The first-order chi connectivity index (χ1) is 14.2. The molecule has 0 fully saturated rings. The van der Waals surface area contributed by atoms with E-state index in [0.29, 0.717) is 29.2 Å². The fourth-order valence-electron chi connectivity index (χ4n) is 2.69. The summed E-state index contributed by atoms with van der Waals surface area (Å²) in [6.45, 7) is 6.73. The minimum atomic E-state index is -0.656. The summed E-state index contributed by atoms with van der Waals surface area (Å²) in [5.41, 5.74) is 13.9. The fourth-order valence-corrected chi connectivity index (χ4v) is 2.69. The molecule has 0 unspecified atom stereocenters. The average Bonchev–Trinajstić information content (AvgIpc) is 2.70. The lowest BCUT2D eigenvalue weighted by Crippen LogP contribution is -2.18. The predicted octanol–water partition coefficient (Wildman–Crippen LogP) is 3.86. The van der Waals surface area contributed by atoms with Gasteiger partial charge in [-0.3, -0.25) is 4.79 Å². The lowest BCUT2D eigenvalue weighted by atomic mass is 9.98. The molecular formula is C24H27N3O3. The summed E-state index contributed by atoms with van der Waals surface area (Å²) in [6, 6.07) is 14.1. The number of nitrogens with two attached hydrogens (primary N) is 2. The zero-order valence-corrected chi connectivity index (χ0v) is 17.7. The number of methoxy groups -OCH3 is 1. The summed E-state index contributed by atoms with van der Waals surface area (Å²) in [5.74, 6) is 0.542. The van der Waals surface area contributed by atoms with E-state index in [2.05, 4.69) is 20.8 Å². The fraction of sp³-hybridized carbons (Fsp3) is 0.250.